The maximum Gasteiger partial charge on any atom is 0.332 e. The number of anilines is 2. The van der Waals surface area contributed by atoms with E-state index in [-0.39, 0.29) is 5.97 Å². The van der Waals surface area contributed by atoms with Crippen LogP contribution in [-0.2, 0) is 9.53 Å². The fraction of sp³-hybridized carbons (Fsp3) is 0.188. The van der Waals surface area contributed by atoms with E-state index in [1.54, 1.807) is 0 Å². The summed E-state index contributed by atoms with van der Waals surface area (Å²) in [5.41, 5.74) is 9.16. The molecule has 0 heterocycles. The Labute approximate surface area is 118 Å². The second-order valence-corrected chi connectivity index (χ2v) is 4.53. The van der Waals surface area contributed by atoms with Crippen LogP contribution in [0.4, 0.5) is 11.4 Å². The molecule has 0 fully saturated rings. The molecule has 2 aromatic carbocycles. The van der Waals surface area contributed by atoms with E-state index in [0.717, 1.165) is 16.8 Å². The Morgan fingerprint density at radius 3 is 2.50 bits per heavy atom. The van der Waals surface area contributed by atoms with Crippen molar-refractivity contribution in [3.8, 4) is 0 Å². The van der Waals surface area contributed by atoms with Gasteiger partial charge in [0.1, 0.15) is 0 Å². The minimum atomic E-state index is -0.554. The van der Waals surface area contributed by atoms with E-state index < -0.39 is 6.04 Å². The van der Waals surface area contributed by atoms with Gasteiger partial charge in [0.15, 0.2) is 6.04 Å². The molecule has 0 aromatic heterocycles. The van der Waals surface area contributed by atoms with E-state index in [9.17, 15) is 4.79 Å². The van der Waals surface area contributed by atoms with Gasteiger partial charge in [0.2, 0.25) is 0 Å². The fourth-order valence-electron chi connectivity index (χ4n) is 2.01. The van der Waals surface area contributed by atoms with E-state index in [0.29, 0.717) is 5.69 Å². The van der Waals surface area contributed by atoms with Crippen molar-refractivity contribution in [1.29, 1.82) is 0 Å². The summed E-state index contributed by atoms with van der Waals surface area (Å²) in [4.78, 5) is 12.0. The van der Waals surface area contributed by atoms with Crippen molar-refractivity contribution < 1.29 is 9.53 Å². The molecule has 0 spiro atoms. The second-order valence-electron chi connectivity index (χ2n) is 4.53. The fourth-order valence-corrected chi connectivity index (χ4v) is 2.01. The lowest BCUT2D eigenvalue weighted by molar-refractivity contribution is -0.141. The summed E-state index contributed by atoms with van der Waals surface area (Å²) < 4.78 is 4.88. The van der Waals surface area contributed by atoms with Crippen LogP contribution >= 0.6 is 0 Å². The van der Waals surface area contributed by atoms with Crippen LogP contribution < -0.4 is 11.1 Å². The highest BCUT2D eigenvalue weighted by Crippen LogP contribution is 2.26. The van der Waals surface area contributed by atoms with Crippen LogP contribution in [-0.4, -0.2) is 13.1 Å². The van der Waals surface area contributed by atoms with Crippen LogP contribution in [0.1, 0.15) is 17.2 Å². The smallest absolute Gasteiger partial charge is 0.332 e. The molecule has 20 heavy (non-hydrogen) atoms. The third-order valence-electron chi connectivity index (χ3n) is 3.25. The van der Waals surface area contributed by atoms with Gasteiger partial charge in [-0.15, -0.1) is 0 Å². The number of methoxy groups -OCH3 is 1. The van der Waals surface area contributed by atoms with Gasteiger partial charge in [0.05, 0.1) is 7.11 Å². The van der Waals surface area contributed by atoms with Gasteiger partial charge in [-0.1, -0.05) is 36.4 Å². The van der Waals surface area contributed by atoms with Crippen LogP contribution in [0, 0.1) is 6.92 Å². The first kappa shape index (κ1) is 13.9. The minimum absolute atomic E-state index is 0.335. The van der Waals surface area contributed by atoms with Gasteiger partial charge in [0.25, 0.3) is 0 Å². The first-order valence-electron chi connectivity index (χ1n) is 6.38. The molecule has 104 valence electrons. The average molecular weight is 270 g/mol. The highest BCUT2D eigenvalue weighted by atomic mass is 16.5. The van der Waals surface area contributed by atoms with Crippen LogP contribution in [0.2, 0.25) is 0 Å². The van der Waals surface area contributed by atoms with Crippen LogP contribution in [0.25, 0.3) is 0 Å². The predicted octanol–water partition coefficient (Wildman–Crippen LogP) is 2.90. The second kappa shape index (κ2) is 6.10. The van der Waals surface area contributed by atoms with E-state index in [1.807, 2.05) is 55.5 Å². The third kappa shape index (κ3) is 2.91. The maximum atomic E-state index is 12.0. The Morgan fingerprint density at radius 1 is 1.15 bits per heavy atom. The van der Waals surface area contributed by atoms with Gasteiger partial charge in [0, 0.05) is 11.4 Å². The lowest BCUT2D eigenvalue weighted by Crippen LogP contribution is -2.22. The minimum Gasteiger partial charge on any atom is -0.467 e. The topological polar surface area (TPSA) is 64.3 Å². The van der Waals surface area contributed by atoms with Crippen molar-refractivity contribution in [2.45, 2.75) is 13.0 Å². The molecule has 0 saturated carbocycles. The first-order valence-corrected chi connectivity index (χ1v) is 6.38. The van der Waals surface area contributed by atoms with E-state index in [2.05, 4.69) is 5.32 Å². The number of ether oxygens (including phenoxy) is 1. The number of carbonyl (C=O) groups excluding carboxylic acids is 1. The molecule has 1 atom stereocenters. The monoisotopic (exact) mass is 270 g/mol. The Balaban J connectivity index is 2.34. The van der Waals surface area contributed by atoms with Crippen LogP contribution in [0.15, 0.2) is 48.5 Å². The Bertz CT molecular complexity index is 597. The Hall–Kier alpha value is -2.49. The molecule has 4 heteroatoms. The van der Waals surface area contributed by atoms with Crippen LogP contribution in [0.5, 0.6) is 0 Å². The summed E-state index contributed by atoms with van der Waals surface area (Å²) in [6.45, 7) is 1.91. The standard InChI is InChI=1S/C16H18N2O2/c1-11-13(17)9-6-10-14(11)18-15(16(19)20-2)12-7-4-3-5-8-12/h3-10,15,18H,17H2,1-2H3. The predicted molar refractivity (Wildman–Crippen MR) is 80.4 cm³/mol. The van der Waals surface area contributed by atoms with Crippen molar-refractivity contribution in [1.82, 2.24) is 0 Å². The van der Waals surface area contributed by atoms with Crippen LogP contribution in [0.3, 0.4) is 0 Å². The molecule has 4 nitrogen and oxygen atoms in total. The lowest BCUT2D eigenvalue weighted by Gasteiger charge is -2.20. The Morgan fingerprint density at radius 2 is 1.85 bits per heavy atom. The van der Waals surface area contributed by atoms with Gasteiger partial charge < -0.3 is 15.8 Å². The van der Waals surface area contributed by atoms with Gasteiger partial charge in [-0.3, -0.25) is 0 Å². The number of rotatable bonds is 4. The number of hydrogen-bond acceptors (Lipinski definition) is 4. The third-order valence-corrected chi connectivity index (χ3v) is 3.25. The summed E-state index contributed by atoms with van der Waals surface area (Å²) in [5, 5.41) is 3.20. The van der Waals surface area contributed by atoms with E-state index >= 15 is 0 Å². The average Bonchev–Trinajstić information content (AvgIpc) is 2.49. The Kier molecular flexibility index (Phi) is 4.25. The van der Waals surface area contributed by atoms with Crippen molar-refractivity contribution >= 4 is 17.3 Å². The largest absolute Gasteiger partial charge is 0.467 e. The number of benzene rings is 2. The zero-order chi connectivity index (χ0) is 14.5. The molecule has 0 amide bonds. The molecule has 3 N–H and O–H groups in total. The van der Waals surface area contributed by atoms with Gasteiger partial charge in [-0.25, -0.2) is 4.79 Å². The van der Waals surface area contributed by atoms with Crippen molar-refractivity contribution in [2.75, 3.05) is 18.2 Å². The summed E-state index contributed by atoms with van der Waals surface area (Å²) in [6.07, 6.45) is 0. The number of nitrogens with one attached hydrogen (secondary N) is 1. The molecule has 0 bridgehead atoms. The van der Waals surface area contributed by atoms with Crippen molar-refractivity contribution in [3.05, 3.63) is 59.7 Å². The molecule has 0 aliphatic rings. The van der Waals surface area contributed by atoms with E-state index in [4.69, 9.17) is 10.5 Å². The molecule has 0 saturated heterocycles. The number of nitrogens with two attached hydrogens (primary N) is 1. The SMILES string of the molecule is COC(=O)C(Nc1cccc(N)c1C)c1ccccc1. The first-order chi connectivity index (χ1) is 9.63. The molecule has 1 unspecified atom stereocenters. The normalized spacial score (nSPS) is 11.7. The highest BCUT2D eigenvalue weighted by Gasteiger charge is 2.21. The number of esters is 1. The maximum absolute atomic E-state index is 12.0. The number of nitrogen functional groups attached to an aromatic ring is 1. The highest BCUT2D eigenvalue weighted by molar-refractivity contribution is 5.82. The molecule has 0 aliphatic carbocycles. The van der Waals surface area contributed by atoms with Gasteiger partial charge in [-0.2, -0.15) is 0 Å². The summed E-state index contributed by atoms with van der Waals surface area (Å²) in [7, 11) is 1.38. The van der Waals surface area contributed by atoms with Gasteiger partial charge in [-0.05, 0) is 30.2 Å². The van der Waals surface area contributed by atoms with Gasteiger partial charge >= 0.3 is 5.97 Å². The molecular weight excluding hydrogens is 252 g/mol. The molecule has 2 rings (SSSR count). The zero-order valence-electron chi connectivity index (χ0n) is 11.6. The summed E-state index contributed by atoms with van der Waals surface area (Å²) in [5.74, 6) is -0.335. The van der Waals surface area contributed by atoms with E-state index in [1.165, 1.54) is 7.11 Å². The van der Waals surface area contributed by atoms with Crippen molar-refractivity contribution in [3.63, 3.8) is 0 Å². The lowest BCUT2D eigenvalue weighted by atomic mass is 10.1. The molecule has 2 aromatic rings. The summed E-state index contributed by atoms with van der Waals surface area (Å²) in [6, 6.07) is 14.5. The molecule has 0 radical (unpaired) electrons. The molecule has 0 aliphatic heterocycles. The molecular formula is C16H18N2O2. The van der Waals surface area contributed by atoms with Crippen molar-refractivity contribution in [2.24, 2.45) is 0 Å². The summed E-state index contributed by atoms with van der Waals surface area (Å²) >= 11 is 0. The zero-order valence-corrected chi connectivity index (χ0v) is 11.6. The number of hydrogen-bond donors (Lipinski definition) is 2. The number of carbonyl (C=O) groups is 1. The quantitative estimate of drug-likeness (QED) is 0.662.